The highest BCUT2D eigenvalue weighted by Crippen LogP contribution is 2.32. The first kappa shape index (κ1) is 25.6. The largest absolute Gasteiger partial charge is 0.436 e. The van der Waals surface area contributed by atoms with Crippen molar-refractivity contribution in [3.63, 3.8) is 0 Å². The van der Waals surface area contributed by atoms with Gasteiger partial charge < -0.3 is 4.42 Å². The fourth-order valence-corrected chi connectivity index (χ4v) is 6.30. The van der Waals surface area contributed by atoms with E-state index < -0.39 is 33.7 Å². The van der Waals surface area contributed by atoms with Crippen molar-refractivity contribution in [3.05, 3.63) is 115 Å². The van der Waals surface area contributed by atoms with E-state index in [1.807, 2.05) is 24.3 Å². The van der Waals surface area contributed by atoms with Gasteiger partial charge in [-0.05, 0) is 66.2 Å². The lowest BCUT2D eigenvalue weighted by molar-refractivity contribution is -0.122. The molecule has 2 amide bonds. The minimum Gasteiger partial charge on any atom is -0.436 e. The van der Waals surface area contributed by atoms with Crippen LogP contribution in [0.5, 0.6) is 0 Å². The molecular formula is C30H22FN3O5S. The average Bonchev–Trinajstić information content (AvgIpc) is 3.53. The lowest BCUT2D eigenvalue weighted by Gasteiger charge is -2.27. The summed E-state index contributed by atoms with van der Waals surface area (Å²) in [5.41, 5.74) is 2.93. The van der Waals surface area contributed by atoms with Crippen LogP contribution in [0.2, 0.25) is 0 Å². The molecule has 5 aromatic rings. The molecule has 0 radical (unpaired) electrons. The lowest BCUT2D eigenvalue weighted by atomic mass is 10.2. The number of sulfonamides is 1. The van der Waals surface area contributed by atoms with Gasteiger partial charge in [-0.1, -0.05) is 42.5 Å². The summed E-state index contributed by atoms with van der Waals surface area (Å²) in [7, 11) is -4.27. The SMILES string of the molecule is O=C1CC(N(Cc2ccccc2)S(=O)(=O)c2ccc(F)cc2)C(=O)N1c1ccc(-c2nc3ccccc3o2)cc1. The highest BCUT2D eigenvalue weighted by atomic mass is 32.2. The van der Waals surface area contributed by atoms with Crippen LogP contribution in [-0.4, -0.2) is 35.6 Å². The standard InChI is InChI=1S/C30H22FN3O5S/c31-22-12-16-24(17-13-22)40(37,38)33(19-20-6-2-1-3-7-20)26-18-28(35)34(30(26)36)23-14-10-21(11-15-23)29-32-25-8-4-5-9-27(25)39-29/h1-17,26H,18-19H2. The predicted octanol–water partition coefficient (Wildman–Crippen LogP) is 5.16. The quantitative estimate of drug-likeness (QED) is 0.257. The van der Waals surface area contributed by atoms with E-state index in [4.69, 9.17) is 4.42 Å². The Morgan fingerprint density at radius 1 is 0.875 bits per heavy atom. The second-order valence-electron chi connectivity index (χ2n) is 9.31. The maximum absolute atomic E-state index is 13.7. The van der Waals surface area contributed by atoms with Crippen molar-refractivity contribution < 1.29 is 26.8 Å². The maximum atomic E-state index is 13.7. The van der Waals surface area contributed by atoms with E-state index in [-0.39, 0.29) is 17.9 Å². The number of halogens is 1. The van der Waals surface area contributed by atoms with Gasteiger partial charge in [-0.3, -0.25) is 9.59 Å². The molecule has 200 valence electrons. The van der Waals surface area contributed by atoms with Crippen molar-refractivity contribution in [1.82, 2.24) is 9.29 Å². The first-order valence-electron chi connectivity index (χ1n) is 12.5. The van der Waals surface area contributed by atoms with Crippen molar-refractivity contribution in [2.24, 2.45) is 0 Å². The smallest absolute Gasteiger partial charge is 0.252 e. The Hall–Kier alpha value is -4.67. The number of oxazole rings is 1. The molecular weight excluding hydrogens is 533 g/mol. The van der Waals surface area contributed by atoms with Gasteiger partial charge >= 0.3 is 0 Å². The number of anilines is 1. The number of imide groups is 1. The monoisotopic (exact) mass is 555 g/mol. The summed E-state index contributed by atoms with van der Waals surface area (Å²) in [5, 5.41) is 0. The molecule has 0 N–H and O–H groups in total. The molecule has 0 saturated carbocycles. The van der Waals surface area contributed by atoms with Gasteiger partial charge in [0.2, 0.25) is 21.8 Å². The molecule has 0 bridgehead atoms. The summed E-state index contributed by atoms with van der Waals surface area (Å²) in [6, 6.07) is 25.8. The van der Waals surface area contributed by atoms with Crippen LogP contribution < -0.4 is 4.90 Å². The van der Waals surface area contributed by atoms with E-state index in [0.717, 1.165) is 33.5 Å². The van der Waals surface area contributed by atoms with E-state index in [1.54, 1.807) is 54.6 Å². The van der Waals surface area contributed by atoms with Gasteiger partial charge in [-0.2, -0.15) is 4.31 Å². The molecule has 2 heterocycles. The predicted molar refractivity (Wildman–Crippen MR) is 146 cm³/mol. The molecule has 1 unspecified atom stereocenters. The van der Waals surface area contributed by atoms with Crippen LogP contribution in [0.1, 0.15) is 12.0 Å². The molecule has 1 fully saturated rings. The highest BCUT2D eigenvalue weighted by Gasteiger charge is 2.47. The number of rotatable bonds is 7. The molecule has 6 rings (SSSR count). The summed E-state index contributed by atoms with van der Waals surface area (Å²) >= 11 is 0. The molecule has 1 aromatic heterocycles. The van der Waals surface area contributed by atoms with Gasteiger partial charge in [0, 0.05) is 12.1 Å². The third-order valence-electron chi connectivity index (χ3n) is 6.74. The topological polar surface area (TPSA) is 101 Å². The van der Waals surface area contributed by atoms with E-state index in [1.165, 1.54) is 0 Å². The van der Waals surface area contributed by atoms with E-state index in [9.17, 15) is 22.4 Å². The Morgan fingerprint density at radius 2 is 1.55 bits per heavy atom. The van der Waals surface area contributed by atoms with Crippen LogP contribution in [0.25, 0.3) is 22.6 Å². The Labute approximate surface area is 229 Å². The third-order valence-corrected chi connectivity index (χ3v) is 8.61. The molecule has 1 saturated heterocycles. The number of benzene rings is 4. The zero-order chi connectivity index (χ0) is 27.9. The number of nitrogens with zero attached hydrogens (tertiary/aromatic N) is 3. The molecule has 1 aliphatic rings. The molecule has 0 spiro atoms. The second kappa shape index (κ2) is 10.1. The van der Waals surface area contributed by atoms with Crippen LogP contribution in [0.3, 0.4) is 0 Å². The zero-order valence-corrected chi connectivity index (χ0v) is 21.8. The Bertz CT molecular complexity index is 1790. The minimum absolute atomic E-state index is 0.144. The third kappa shape index (κ3) is 4.67. The van der Waals surface area contributed by atoms with Crippen LogP contribution in [0, 0.1) is 5.82 Å². The first-order valence-corrected chi connectivity index (χ1v) is 13.9. The number of para-hydroxylation sites is 2. The maximum Gasteiger partial charge on any atom is 0.252 e. The molecule has 8 nitrogen and oxygen atoms in total. The minimum atomic E-state index is -4.27. The van der Waals surface area contributed by atoms with Gasteiger partial charge in [-0.25, -0.2) is 22.7 Å². The van der Waals surface area contributed by atoms with Gasteiger partial charge in [0.25, 0.3) is 5.91 Å². The molecule has 10 heteroatoms. The van der Waals surface area contributed by atoms with Crippen molar-refractivity contribution in [3.8, 4) is 11.5 Å². The summed E-state index contributed by atoms with van der Waals surface area (Å²) in [6.45, 7) is -0.144. The summed E-state index contributed by atoms with van der Waals surface area (Å²) in [5.74, 6) is -1.39. The van der Waals surface area contributed by atoms with Crippen molar-refractivity contribution in [2.45, 2.75) is 23.9 Å². The fourth-order valence-electron chi connectivity index (χ4n) is 4.73. The van der Waals surface area contributed by atoms with Crippen LogP contribution in [0.15, 0.2) is 112 Å². The van der Waals surface area contributed by atoms with E-state index >= 15 is 0 Å². The van der Waals surface area contributed by atoms with Crippen LogP contribution >= 0.6 is 0 Å². The Morgan fingerprint density at radius 3 is 2.25 bits per heavy atom. The van der Waals surface area contributed by atoms with Gasteiger partial charge in [0.05, 0.1) is 17.0 Å². The lowest BCUT2D eigenvalue weighted by Crippen LogP contribution is -2.45. The van der Waals surface area contributed by atoms with Crippen molar-refractivity contribution in [2.75, 3.05) is 4.90 Å². The molecule has 1 atom stereocenters. The van der Waals surface area contributed by atoms with E-state index in [0.29, 0.717) is 33.8 Å². The number of aromatic nitrogens is 1. The molecule has 1 aliphatic heterocycles. The van der Waals surface area contributed by atoms with Gasteiger partial charge in [0.1, 0.15) is 17.4 Å². The first-order chi connectivity index (χ1) is 19.3. The molecule has 40 heavy (non-hydrogen) atoms. The molecule has 0 aliphatic carbocycles. The number of fused-ring (bicyclic) bond motifs is 1. The number of hydrogen-bond donors (Lipinski definition) is 0. The van der Waals surface area contributed by atoms with Crippen LogP contribution in [0.4, 0.5) is 10.1 Å². The zero-order valence-electron chi connectivity index (χ0n) is 21.0. The number of amides is 2. The average molecular weight is 556 g/mol. The summed E-state index contributed by atoms with van der Waals surface area (Å²) in [6.07, 6.45) is -0.334. The fraction of sp³-hybridized carbons (Fsp3) is 0.100. The van der Waals surface area contributed by atoms with Gasteiger partial charge in [-0.15, -0.1) is 0 Å². The van der Waals surface area contributed by atoms with E-state index in [2.05, 4.69) is 4.98 Å². The van der Waals surface area contributed by atoms with Crippen LogP contribution in [-0.2, 0) is 26.2 Å². The number of carbonyl (C=O) groups excluding carboxylic acids is 2. The molecule has 4 aromatic carbocycles. The Balaban J connectivity index is 1.32. The van der Waals surface area contributed by atoms with Crippen molar-refractivity contribution >= 4 is 38.6 Å². The number of hydrogen-bond acceptors (Lipinski definition) is 6. The second-order valence-corrected chi connectivity index (χ2v) is 11.2. The summed E-state index contributed by atoms with van der Waals surface area (Å²) < 4.78 is 47.8. The number of carbonyl (C=O) groups is 2. The highest BCUT2D eigenvalue weighted by molar-refractivity contribution is 7.89. The summed E-state index contributed by atoms with van der Waals surface area (Å²) in [4.78, 5) is 32.1. The Kier molecular flexibility index (Phi) is 6.49. The normalized spacial score (nSPS) is 15.8. The van der Waals surface area contributed by atoms with Gasteiger partial charge in [0.15, 0.2) is 5.58 Å². The van der Waals surface area contributed by atoms with Crippen molar-refractivity contribution in [1.29, 1.82) is 0 Å².